The highest BCUT2D eigenvalue weighted by atomic mass is 16.2. The summed E-state index contributed by atoms with van der Waals surface area (Å²) in [7, 11) is 0. The van der Waals surface area contributed by atoms with Gasteiger partial charge in [-0.05, 0) is 12.5 Å². The van der Waals surface area contributed by atoms with E-state index in [0.717, 1.165) is 5.56 Å². The van der Waals surface area contributed by atoms with Crippen LogP contribution in [0.2, 0.25) is 0 Å². The number of nitrogens with one attached hydrogen (secondary N) is 1. The highest BCUT2D eigenvalue weighted by Crippen LogP contribution is 2.31. The molecule has 0 bridgehead atoms. The first-order chi connectivity index (χ1) is 12.1. The molecule has 0 radical (unpaired) electrons. The van der Waals surface area contributed by atoms with Crippen molar-refractivity contribution in [2.45, 2.75) is 13.3 Å². The molecule has 0 spiro atoms. The number of carbonyl (C=O) groups is 2. The van der Waals surface area contributed by atoms with E-state index < -0.39 is 11.3 Å². The van der Waals surface area contributed by atoms with Gasteiger partial charge in [-0.2, -0.15) is 5.10 Å². The Morgan fingerprint density at radius 3 is 2.04 bits per heavy atom. The van der Waals surface area contributed by atoms with Gasteiger partial charge in [0.05, 0.1) is 17.7 Å². The predicted octanol–water partition coefficient (Wildman–Crippen LogP) is 3.27. The summed E-state index contributed by atoms with van der Waals surface area (Å²) in [6.07, 6.45) is -0.318. The molecule has 25 heavy (non-hydrogen) atoms. The number of rotatable bonds is 5. The van der Waals surface area contributed by atoms with Gasteiger partial charge in [-0.1, -0.05) is 60.7 Å². The van der Waals surface area contributed by atoms with Crippen LogP contribution < -0.4 is 5.56 Å². The molecule has 1 aromatic heterocycles. The Bertz CT molecular complexity index is 977. The fourth-order valence-electron chi connectivity index (χ4n) is 2.72. The van der Waals surface area contributed by atoms with Crippen molar-refractivity contribution in [3.63, 3.8) is 0 Å². The van der Waals surface area contributed by atoms with Crippen LogP contribution in [0, 0.1) is 0 Å². The maximum atomic E-state index is 12.6. The molecular weight excluding hydrogens is 316 g/mol. The second-order valence-electron chi connectivity index (χ2n) is 5.69. The van der Waals surface area contributed by atoms with Crippen LogP contribution in [-0.4, -0.2) is 21.8 Å². The Balaban J connectivity index is 2.33. The molecule has 0 aliphatic carbocycles. The van der Waals surface area contributed by atoms with Gasteiger partial charge in [0.1, 0.15) is 5.78 Å². The van der Waals surface area contributed by atoms with Crippen LogP contribution in [0.5, 0.6) is 0 Å². The van der Waals surface area contributed by atoms with E-state index in [1.807, 2.05) is 60.7 Å². The zero-order valence-corrected chi connectivity index (χ0v) is 13.7. The Morgan fingerprint density at radius 2 is 1.48 bits per heavy atom. The number of hydrogen-bond donors (Lipinski definition) is 1. The normalized spacial score (nSPS) is 10.4. The van der Waals surface area contributed by atoms with Gasteiger partial charge in [0.25, 0.3) is 5.56 Å². The van der Waals surface area contributed by atoms with Gasteiger partial charge in [0.15, 0.2) is 5.78 Å². The van der Waals surface area contributed by atoms with E-state index in [9.17, 15) is 14.4 Å². The van der Waals surface area contributed by atoms with Crippen LogP contribution in [0.3, 0.4) is 0 Å². The lowest BCUT2D eigenvalue weighted by Crippen LogP contribution is -2.23. The Hall–Kier alpha value is -3.34. The van der Waals surface area contributed by atoms with Gasteiger partial charge in [-0.15, -0.1) is 0 Å². The van der Waals surface area contributed by atoms with Crippen molar-refractivity contribution in [1.82, 2.24) is 10.2 Å². The molecule has 3 aromatic rings. The number of aromatic nitrogens is 2. The van der Waals surface area contributed by atoms with Gasteiger partial charge < -0.3 is 0 Å². The number of Topliss-reactive ketones (excluding diaryl/α,β-unsaturated/α-hetero) is 2. The molecule has 0 aliphatic rings. The number of benzene rings is 2. The quantitative estimate of drug-likeness (QED) is 0.574. The standard InChI is InChI=1S/C20H16N2O3/c1-13(23)12-16(24)18-17(14-8-4-2-5-9-14)19(21-22-20(18)25)15-10-6-3-7-11-15/h2-11H,12H2,1H3,(H,22,25). The first-order valence-corrected chi connectivity index (χ1v) is 7.84. The minimum atomic E-state index is -0.593. The number of ketones is 2. The van der Waals surface area contributed by atoms with Crippen molar-refractivity contribution in [3.8, 4) is 22.4 Å². The van der Waals surface area contributed by atoms with Crippen LogP contribution in [0.4, 0.5) is 0 Å². The highest BCUT2D eigenvalue weighted by Gasteiger charge is 2.23. The topological polar surface area (TPSA) is 79.9 Å². The summed E-state index contributed by atoms with van der Waals surface area (Å²) in [4.78, 5) is 36.3. The lowest BCUT2D eigenvalue weighted by atomic mass is 9.92. The zero-order chi connectivity index (χ0) is 17.8. The van der Waals surface area contributed by atoms with Crippen LogP contribution in [0.15, 0.2) is 65.5 Å². The Labute approximate surface area is 144 Å². The van der Waals surface area contributed by atoms with Crippen LogP contribution >= 0.6 is 0 Å². The molecule has 2 aromatic carbocycles. The van der Waals surface area contributed by atoms with Crippen molar-refractivity contribution in [2.75, 3.05) is 0 Å². The molecule has 1 N–H and O–H groups in total. The van der Waals surface area contributed by atoms with Gasteiger partial charge in [0, 0.05) is 11.1 Å². The van der Waals surface area contributed by atoms with Crippen molar-refractivity contribution in [2.24, 2.45) is 0 Å². The van der Waals surface area contributed by atoms with E-state index in [4.69, 9.17) is 0 Å². The Kier molecular flexibility index (Phi) is 4.66. The van der Waals surface area contributed by atoms with Crippen molar-refractivity contribution in [3.05, 3.63) is 76.6 Å². The minimum absolute atomic E-state index is 0.0322. The van der Waals surface area contributed by atoms with E-state index in [1.54, 1.807) is 0 Å². The first-order valence-electron chi connectivity index (χ1n) is 7.84. The zero-order valence-electron chi connectivity index (χ0n) is 13.7. The second kappa shape index (κ2) is 7.05. The largest absolute Gasteiger partial charge is 0.300 e. The fourth-order valence-corrected chi connectivity index (χ4v) is 2.72. The molecule has 0 saturated heterocycles. The molecule has 0 atom stereocenters. The average Bonchev–Trinajstić information content (AvgIpc) is 2.62. The minimum Gasteiger partial charge on any atom is -0.300 e. The third-order valence-corrected chi connectivity index (χ3v) is 3.78. The van der Waals surface area contributed by atoms with Crippen LogP contribution in [0.25, 0.3) is 22.4 Å². The highest BCUT2D eigenvalue weighted by molar-refractivity contribution is 6.11. The molecular formula is C20H16N2O3. The summed E-state index contributed by atoms with van der Waals surface area (Å²) in [5.41, 5.74) is 1.79. The molecule has 0 fully saturated rings. The van der Waals surface area contributed by atoms with Gasteiger partial charge in [-0.25, -0.2) is 5.10 Å². The second-order valence-corrected chi connectivity index (χ2v) is 5.69. The number of hydrogen-bond acceptors (Lipinski definition) is 4. The summed E-state index contributed by atoms with van der Waals surface area (Å²) < 4.78 is 0. The van der Waals surface area contributed by atoms with Gasteiger partial charge in [-0.3, -0.25) is 14.4 Å². The molecule has 124 valence electrons. The summed E-state index contributed by atoms with van der Waals surface area (Å²) >= 11 is 0. The molecule has 0 unspecified atom stereocenters. The van der Waals surface area contributed by atoms with Crippen LogP contribution in [-0.2, 0) is 4.79 Å². The third-order valence-electron chi connectivity index (χ3n) is 3.78. The summed E-state index contributed by atoms with van der Waals surface area (Å²) in [6, 6.07) is 18.4. The van der Waals surface area contributed by atoms with Gasteiger partial charge >= 0.3 is 0 Å². The summed E-state index contributed by atoms with van der Waals surface area (Å²) in [5.74, 6) is -0.798. The molecule has 5 heteroatoms. The van der Waals surface area contributed by atoms with Crippen LogP contribution in [0.1, 0.15) is 23.7 Å². The first kappa shape index (κ1) is 16.5. The predicted molar refractivity (Wildman–Crippen MR) is 95.4 cm³/mol. The van der Waals surface area contributed by atoms with Gasteiger partial charge in [0.2, 0.25) is 0 Å². The lowest BCUT2D eigenvalue weighted by molar-refractivity contribution is -0.116. The smallest absolute Gasteiger partial charge is 0.275 e. The van der Waals surface area contributed by atoms with Crippen molar-refractivity contribution in [1.29, 1.82) is 0 Å². The molecule has 1 heterocycles. The number of nitrogens with zero attached hydrogens (tertiary/aromatic N) is 1. The average molecular weight is 332 g/mol. The van der Waals surface area contributed by atoms with E-state index in [2.05, 4.69) is 10.2 Å². The maximum Gasteiger partial charge on any atom is 0.275 e. The molecule has 0 amide bonds. The number of aromatic amines is 1. The van der Waals surface area contributed by atoms with E-state index in [0.29, 0.717) is 16.8 Å². The van der Waals surface area contributed by atoms with E-state index >= 15 is 0 Å². The number of H-pyrrole nitrogens is 1. The maximum absolute atomic E-state index is 12.6. The molecule has 0 aliphatic heterocycles. The monoisotopic (exact) mass is 332 g/mol. The lowest BCUT2D eigenvalue weighted by Gasteiger charge is -2.12. The van der Waals surface area contributed by atoms with Crippen molar-refractivity contribution >= 4 is 11.6 Å². The Morgan fingerprint density at radius 1 is 0.920 bits per heavy atom. The molecule has 3 rings (SSSR count). The molecule has 0 saturated carbocycles. The summed E-state index contributed by atoms with van der Waals surface area (Å²) in [5, 5.41) is 6.57. The molecule has 5 nitrogen and oxygen atoms in total. The van der Waals surface area contributed by atoms with E-state index in [1.165, 1.54) is 6.92 Å². The van der Waals surface area contributed by atoms with Crippen molar-refractivity contribution < 1.29 is 9.59 Å². The SMILES string of the molecule is CC(=O)CC(=O)c1c(-c2ccccc2)c(-c2ccccc2)n[nH]c1=O. The summed E-state index contributed by atoms with van der Waals surface area (Å²) in [6.45, 7) is 1.33. The van der Waals surface area contributed by atoms with E-state index in [-0.39, 0.29) is 17.8 Å². The fraction of sp³-hybridized carbons (Fsp3) is 0.100. The third kappa shape index (κ3) is 3.45. The number of carbonyl (C=O) groups excluding carboxylic acids is 2.